The van der Waals surface area contributed by atoms with Gasteiger partial charge in [-0.05, 0) is 32.0 Å². The fourth-order valence-electron chi connectivity index (χ4n) is 3.36. The van der Waals surface area contributed by atoms with E-state index >= 15 is 0 Å². The van der Waals surface area contributed by atoms with Gasteiger partial charge in [0.05, 0.1) is 18.7 Å². The van der Waals surface area contributed by atoms with Crippen LogP contribution in [0.1, 0.15) is 30.6 Å². The van der Waals surface area contributed by atoms with Crippen molar-refractivity contribution in [3.05, 3.63) is 35.2 Å². The first-order valence-corrected chi connectivity index (χ1v) is 8.26. The first-order chi connectivity index (χ1) is 11.8. The summed E-state index contributed by atoms with van der Waals surface area (Å²) in [5.41, 5.74) is -0.0805. The van der Waals surface area contributed by atoms with Crippen molar-refractivity contribution >= 4 is 17.5 Å². The summed E-state index contributed by atoms with van der Waals surface area (Å²) in [4.78, 5) is 32.0. The molecular formula is C18H22N4O3. The summed E-state index contributed by atoms with van der Waals surface area (Å²) < 4.78 is 6.08. The first-order valence-electron chi connectivity index (χ1n) is 8.26. The number of nitrogens with one attached hydrogen (secondary N) is 1. The minimum absolute atomic E-state index is 0.141. The number of ether oxygens (including phenoxy) is 1. The second kappa shape index (κ2) is 6.05. The zero-order valence-electron chi connectivity index (χ0n) is 14.9. The summed E-state index contributed by atoms with van der Waals surface area (Å²) in [5.74, 6) is 0.132. The van der Waals surface area contributed by atoms with Crippen molar-refractivity contribution in [3.8, 4) is 5.75 Å². The number of rotatable bonds is 2. The van der Waals surface area contributed by atoms with Crippen LogP contribution in [0.2, 0.25) is 0 Å². The fourth-order valence-corrected chi connectivity index (χ4v) is 3.36. The van der Waals surface area contributed by atoms with E-state index in [1.54, 1.807) is 32.3 Å². The summed E-state index contributed by atoms with van der Waals surface area (Å²) in [5, 5.41) is 2.87. The molecule has 2 atom stereocenters. The smallest absolute Gasteiger partial charge is 0.284 e. The lowest BCUT2D eigenvalue weighted by Gasteiger charge is -2.34. The predicted octanol–water partition coefficient (Wildman–Crippen LogP) is 1.82. The number of amides is 2. The summed E-state index contributed by atoms with van der Waals surface area (Å²) in [7, 11) is 3.35. The van der Waals surface area contributed by atoms with Crippen LogP contribution in [0.5, 0.6) is 5.75 Å². The van der Waals surface area contributed by atoms with Crippen molar-refractivity contribution in [3.63, 3.8) is 0 Å². The Labute approximate surface area is 147 Å². The number of anilines is 1. The molecule has 2 aliphatic rings. The average molecular weight is 342 g/mol. The molecule has 1 N–H and O–H groups in total. The van der Waals surface area contributed by atoms with Crippen LogP contribution >= 0.6 is 0 Å². The second-order valence-electron chi connectivity index (χ2n) is 7.04. The molecule has 1 spiro atoms. The molecule has 1 saturated heterocycles. The molecule has 0 aliphatic carbocycles. The minimum atomic E-state index is -1.06. The maximum Gasteiger partial charge on any atom is 0.284 e. The molecule has 0 unspecified atom stereocenters. The summed E-state index contributed by atoms with van der Waals surface area (Å²) in [6.07, 6.45) is -0.0416. The van der Waals surface area contributed by atoms with E-state index in [9.17, 15) is 9.59 Å². The van der Waals surface area contributed by atoms with Gasteiger partial charge >= 0.3 is 0 Å². The van der Waals surface area contributed by atoms with E-state index in [1.807, 2.05) is 18.7 Å². The molecule has 3 rings (SSSR count). The van der Waals surface area contributed by atoms with Gasteiger partial charge < -0.3 is 15.0 Å². The molecule has 0 aromatic heterocycles. The Morgan fingerprint density at radius 1 is 1.48 bits per heavy atom. The molecule has 0 bridgehead atoms. The Morgan fingerprint density at radius 2 is 2.20 bits per heavy atom. The van der Waals surface area contributed by atoms with E-state index in [-0.39, 0.29) is 24.0 Å². The van der Waals surface area contributed by atoms with Crippen molar-refractivity contribution < 1.29 is 14.3 Å². The van der Waals surface area contributed by atoms with Gasteiger partial charge in [-0.15, -0.1) is 0 Å². The van der Waals surface area contributed by atoms with Gasteiger partial charge in [-0.1, -0.05) is 0 Å². The van der Waals surface area contributed by atoms with Crippen molar-refractivity contribution in [1.29, 1.82) is 0 Å². The summed E-state index contributed by atoms with van der Waals surface area (Å²) in [6.45, 7) is 11.8. The molecule has 1 fully saturated rings. The van der Waals surface area contributed by atoms with Gasteiger partial charge in [-0.3, -0.25) is 14.4 Å². The highest BCUT2D eigenvalue weighted by molar-refractivity contribution is 6.03. The van der Waals surface area contributed by atoms with Crippen LogP contribution in [-0.4, -0.2) is 60.1 Å². The summed E-state index contributed by atoms with van der Waals surface area (Å²) in [6, 6.07) is 5.17. The number of carbonyl (C=O) groups is 2. The Kier molecular flexibility index (Phi) is 4.17. The highest BCUT2D eigenvalue weighted by atomic mass is 16.5. The Hall–Kier alpha value is -2.59. The van der Waals surface area contributed by atoms with E-state index in [2.05, 4.69) is 10.2 Å². The maximum absolute atomic E-state index is 12.8. The predicted molar refractivity (Wildman–Crippen MR) is 93.3 cm³/mol. The molecule has 132 valence electrons. The quantitative estimate of drug-likeness (QED) is 0.833. The number of likely N-dealkylation sites (tertiary alicyclic amines) is 1. The Morgan fingerprint density at radius 3 is 2.76 bits per heavy atom. The lowest BCUT2D eigenvalue weighted by molar-refractivity contribution is -0.131. The van der Waals surface area contributed by atoms with Gasteiger partial charge in [0, 0.05) is 25.7 Å². The van der Waals surface area contributed by atoms with Gasteiger partial charge in [0.2, 0.25) is 5.60 Å². The normalized spacial score (nSPS) is 25.3. The number of hydrogen-bond acceptors (Lipinski definition) is 4. The Bertz CT molecular complexity index is 768. The van der Waals surface area contributed by atoms with Gasteiger partial charge in [0.15, 0.2) is 0 Å². The third-order valence-corrected chi connectivity index (χ3v) is 4.75. The highest BCUT2D eigenvalue weighted by Crippen LogP contribution is 2.41. The monoisotopic (exact) mass is 342 g/mol. The van der Waals surface area contributed by atoms with Crippen LogP contribution in [0.15, 0.2) is 18.2 Å². The van der Waals surface area contributed by atoms with Gasteiger partial charge in [0.25, 0.3) is 18.0 Å². The van der Waals surface area contributed by atoms with Gasteiger partial charge in [-0.25, -0.2) is 11.5 Å². The van der Waals surface area contributed by atoms with Crippen LogP contribution in [0.3, 0.4) is 0 Å². The third kappa shape index (κ3) is 2.83. The molecule has 0 radical (unpaired) electrons. The third-order valence-electron chi connectivity index (χ3n) is 4.75. The van der Waals surface area contributed by atoms with Crippen LogP contribution in [0, 0.1) is 6.57 Å². The molecule has 2 amide bonds. The molecule has 0 saturated carbocycles. The largest absolute Gasteiger partial charge is 0.473 e. The topological polar surface area (TPSA) is 66.2 Å². The zero-order valence-corrected chi connectivity index (χ0v) is 14.9. The first kappa shape index (κ1) is 17.2. The standard InChI is InChI=1S/C18H22N4O3/c1-11(2)22-10-18(9-15(22)19-3)17(24)20-13-8-12(16(23)21(4)5)6-7-14(13)25-18/h6-8,11,15H,9-10H2,1-2,4-5H3,(H,20,24)/t15-,18+/m0/s1. The van der Waals surface area contributed by atoms with E-state index in [4.69, 9.17) is 11.3 Å². The van der Waals surface area contributed by atoms with Crippen molar-refractivity contribution in [1.82, 2.24) is 9.80 Å². The van der Waals surface area contributed by atoms with Crippen molar-refractivity contribution in [2.24, 2.45) is 0 Å². The SMILES string of the molecule is [C-]#[N+][C@@H]1C[C@]2(CN1C(C)C)Oc1ccc(C(=O)N(C)C)cc1NC2=O. The van der Waals surface area contributed by atoms with Crippen molar-refractivity contribution in [2.75, 3.05) is 26.0 Å². The molecule has 7 nitrogen and oxygen atoms in total. The lowest BCUT2D eigenvalue weighted by atomic mass is 9.98. The second-order valence-corrected chi connectivity index (χ2v) is 7.04. The summed E-state index contributed by atoms with van der Waals surface area (Å²) >= 11 is 0. The fraction of sp³-hybridized carbons (Fsp3) is 0.500. The zero-order chi connectivity index (χ0) is 18.4. The van der Waals surface area contributed by atoms with Crippen molar-refractivity contribution in [2.45, 2.75) is 38.1 Å². The number of nitrogens with zero attached hydrogens (tertiary/aromatic N) is 3. The Balaban J connectivity index is 1.91. The molecule has 2 heterocycles. The molecule has 7 heteroatoms. The highest BCUT2D eigenvalue weighted by Gasteiger charge is 2.57. The number of benzene rings is 1. The maximum atomic E-state index is 12.8. The average Bonchev–Trinajstić information content (AvgIpc) is 2.95. The van der Waals surface area contributed by atoms with Crippen LogP contribution in [0.4, 0.5) is 5.69 Å². The molecule has 25 heavy (non-hydrogen) atoms. The number of carbonyl (C=O) groups excluding carboxylic acids is 2. The van der Waals surface area contributed by atoms with Crippen LogP contribution < -0.4 is 10.1 Å². The molecule has 2 aliphatic heterocycles. The minimum Gasteiger partial charge on any atom is -0.473 e. The number of hydrogen-bond donors (Lipinski definition) is 1. The molecule has 1 aromatic carbocycles. The van der Waals surface area contributed by atoms with E-state index < -0.39 is 5.60 Å². The lowest BCUT2D eigenvalue weighted by Crippen LogP contribution is -2.53. The van der Waals surface area contributed by atoms with E-state index in [0.29, 0.717) is 30.0 Å². The van der Waals surface area contributed by atoms with E-state index in [1.165, 1.54) is 4.90 Å². The number of fused-ring (bicyclic) bond motifs is 1. The van der Waals surface area contributed by atoms with Crippen LogP contribution in [-0.2, 0) is 4.79 Å². The molecular weight excluding hydrogens is 320 g/mol. The van der Waals surface area contributed by atoms with E-state index in [0.717, 1.165) is 0 Å². The van der Waals surface area contributed by atoms with Gasteiger partial charge in [-0.2, -0.15) is 0 Å². The van der Waals surface area contributed by atoms with Gasteiger partial charge in [0.1, 0.15) is 5.75 Å². The van der Waals surface area contributed by atoms with Crippen LogP contribution in [0.25, 0.3) is 4.85 Å². The molecule has 1 aromatic rings.